The van der Waals surface area contributed by atoms with Gasteiger partial charge in [0, 0.05) is 12.6 Å². The fourth-order valence-corrected chi connectivity index (χ4v) is 3.34. The van der Waals surface area contributed by atoms with Crippen molar-refractivity contribution >= 4 is 21.6 Å². The van der Waals surface area contributed by atoms with E-state index in [1.54, 1.807) is 6.92 Å². The van der Waals surface area contributed by atoms with E-state index in [1.807, 2.05) is 0 Å². The van der Waals surface area contributed by atoms with Crippen molar-refractivity contribution in [3.8, 4) is 0 Å². The molecule has 0 spiro atoms. The first-order chi connectivity index (χ1) is 7.78. The third-order valence-corrected chi connectivity index (χ3v) is 4.68. The van der Waals surface area contributed by atoms with Crippen molar-refractivity contribution in [2.24, 2.45) is 16.8 Å². The minimum Gasteiger partial charge on any atom is -0.409 e. The lowest BCUT2D eigenvalue weighted by Gasteiger charge is -2.34. The van der Waals surface area contributed by atoms with E-state index in [2.05, 4.69) is 5.16 Å². The number of amidine groups is 1. The Morgan fingerprint density at radius 3 is 2.65 bits per heavy atom. The smallest absolute Gasteiger partial charge is 0.233 e. The SMILES string of the molecule is CC(C(=O)N1CCS(=O)(=O)CC1C)C(N)=NO. The van der Waals surface area contributed by atoms with Crippen LogP contribution in [0, 0.1) is 5.92 Å². The molecule has 2 unspecified atom stereocenters. The molecule has 98 valence electrons. The predicted molar refractivity (Wildman–Crippen MR) is 62.4 cm³/mol. The lowest BCUT2D eigenvalue weighted by atomic mass is 10.1. The molecule has 0 radical (unpaired) electrons. The summed E-state index contributed by atoms with van der Waals surface area (Å²) in [5, 5.41) is 11.3. The van der Waals surface area contributed by atoms with Crippen LogP contribution in [0.25, 0.3) is 0 Å². The Morgan fingerprint density at radius 1 is 1.59 bits per heavy atom. The number of hydrogen-bond acceptors (Lipinski definition) is 5. The lowest BCUT2D eigenvalue weighted by Crippen LogP contribution is -2.52. The molecule has 2 atom stereocenters. The average molecular weight is 263 g/mol. The summed E-state index contributed by atoms with van der Waals surface area (Å²) in [6.45, 7) is 3.35. The van der Waals surface area contributed by atoms with E-state index in [0.29, 0.717) is 0 Å². The second-order valence-electron chi connectivity index (χ2n) is 4.24. The second-order valence-corrected chi connectivity index (χ2v) is 6.47. The lowest BCUT2D eigenvalue weighted by molar-refractivity contribution is -0.134. The quantitative estimate of drug-likeness (QED) is 0.287. The fraction of sp³-hybridized carbons (Fsp3) is 0.778. The molecule has 0 aliphatic carbocycles. The summed E-state index contributed by atoms with van der Waals surface area (Å²) >= 11 is 0. The van der Waals surface area contributed by atoms with Crippen LogP contribution in [0.4, 0.5) is 0 Å². The Kier molecular flexibility index (Phi) is 3.97. The molecule has 17 heavy (non-hydrogen) atoms. The number of carbonyl (C=O) groups is 1. The summed E-state index contributed by atoms with van der Waals surface area (Å²) < 4.78 is 22.7. The molecule has 1 aliphatic heterocycles. The molecular weight excluding hydrogens is 246 g/mol. The first-order valence-corrected chi connectivity index (χ1v) is 7.09. The van der Waals surface area contributed by atoms with Gasteiger partial charge in [0.05, 0.1) is 17.4 Å². The van der Waals surface area contributed by atoms with Crippen LogP contribution in [0.1, 0.15) is 13.8 Å². The van der Waals surface area contributed by atoms with Crippen LogP contribution < -0.4 is 5.73 Å². The first-order valence-electron chi connectivity index (χ1n) is 5.27. The highest BCUT2D eigenvalue weighted by atomic mass is 32.2. The third kappa shape index (κ3) is 3.09. The number of carbonyl (C=O) groups excluding carboxylic acids is 1. The number of rotatable bonds is 2. The summed E-state index contributed by atoms with van der Waals surface area (Å²) in [5.41, 5.74) is 5.36. The number of hydrogen-bond donors (Lipinski definition) is 2. The van der Waals surface area contributed by atoms with Crippen molar-refractivity contribution in [3.63, 3.8) is 0 Å². The van der Waals surface area contributed by atoms with Crippen molar-refractivity contribution in [1.82, 2.24) is 4.90 Å². The van der Waals surface area contributed by atoms with E-state index in [1.165, 1.54) is 11.8 Å². The van der Waals surface area contributed by atoms with Gasteiger partial charge in [-0.2, -0.15) is 0 Å². The molecule has 1 heterocycles. The second kappa shape index (κ2) is 4.91. The van der Waals surface area contributed by atoms with E-state index >= 15 is 0 Å². The van der Waals surface area contributed by atoms with Gasteiger partial charge in [-0.3, -0.25) is 4.79 Å². The Labute approximate surface area is 100 Å². The van der Waals surface area contributed by atoms with Gasteiger partial charge in [-0.15, -0.1) is 0 Å². The first kappa shape index (κ1) is 13.8. The van der Waals surface area contributed by atoms with Crippen LogP contribution in [0.2, 0.25) is 0 Å². The highest BCUT2D eigenvalue weighted by Crippen LogP contribution is 2.14. The van der Waals surface area contributed by atoms with E-state index in [9.17, 15) is 13.2 Å². The van der Waals surface area contributed by atoms with Crippen molar-refractivity contribution < 1.29 is 18.4 Å². The normalized spacial score (nSPS) is 26.6. The van der Waals surface area contributed by atoms with Gasteiger partial charge in [-0.25, -0.2) is 8.42 Å². The molecule has 0 aromatic rings. The van der Waals surface area contributed by atoms with Gasteiger partial charge in [-0.1, -0.05) is 5.16 Å². The standard InChI is InChI=1S/C9H17N3O4S/c1-6-5-17(15,16)4-3-12(6)9(13)7(2)8(10)11-14/h6-7,14H,3-5H2,1-2H3,(H2,10,11). The Morgan fingerprint density at radius 2 is 2.18 bits per heavy atom. The van der Waals surface area contributed by atoms with Crippen LogP contribution in [-0.4, -0.2) is 54.4 Å². The molecule has 0 aromatic heterocycles. The van der Waals surface area contributed by atoms with Gasteiger partial charge in [0.25, 0.3) is 0 Å². The molecule has 1 saturated heterocycles. The summed E-state index contributed by atoms with van der Waals surface area (Å²) in [5.74, 6) is -1.31. The van der Waals surface area contributed by atoms with Crippen LogP contribution in [0.5, 0.6) is 0 Å². The Balaban J connectivity index is 2.78. The zero-order chi connectivity index (χ0) is 13.2. The number of nitrogens with two attached hydrogens (primary N) is 1. The summed E-state index contributed by atoms with van der Waals surface area (Å²) in [7, 11) is -3.05. The maximum atomic E-state index is 12.0. The number of oxime groups is 1. The van der Waals surface area contributed by atoms with Crippen molar-refractivity contribution in [3.05, 3.63) is 0 Å². The van der Waals surface area contributed by atoms with E-state index in [0.717, 1.165) is 0 Å². The summed E-state index contributed by atoms with van der Waals surface area (Å²) in [6, 6.07) is -0.379. The highest BCUT2D eigenvalue weighted by molar-refractivity contribution is 7.91. The summed E-state index contributed by atoms with van der Waals surface area (Å²) in [6.07, 6.45) is 0. The minimum absolute atomic E-state index is 0.0357. The highest BCUT2D eigenvalue weighted by Gasteiger charge is 2.34. The molecule has 1 rings (SSSR count). The molecule has 8 heteroatoms. The van der Waals surface area contributed by atoms with Crippen LogP contribution in [0.3, 0.4) is 0 Å². The van der Waals surface area contributed by atoms with Crippen LogP contribution >= 0.6 is 0 Å². The average Bonchev–Trinajstić information content (AvgIpc) is 2.25. The van der Waals surface area contributed by atoms with Crippen LogP contribution in [0.15, 0.2) is 5.16 Å². The zero-order valence-corrected chi connectivity index (χ0v) is 10.6. The molecule has 0 bridgehead atoms. The molecule has 0 saturated carbocycles. The van der Waals surface area contributed by atoms with Gasteiger partial charge in [0.2, 0.25) is 5.91 Å². The Bertz CT molecular complexity index is 432. The maximum absolute atomic E-state index is 12.0. The van der Waals surface area contributed by atoms with Crippen molar-refractivity contribution in [2.45, 2.75) is 19.9 Å². The predicted octanol–water partition coefficient (Wildman–Crippen LogP) is -0.986. The van der Waals surface area contributed by atoms with E-state index in [4.69, 9.17) is 10.9 Å². The van der Waals surface area contributed by atoms with Gasteiger partial charge < -0.3 is 15.8 Å². The summed E-state index contributed by atoms with van der Waals surface area (Å²) in [4.78, 5) is 13.4. The number of nitrogens with zero attached hydrogens (tertiary/aromatic N) is 2. The van der Waals surface area contributed by atoms with Gasteiger partial charge in [0.15, 0.2) is 15.7 Å². The topological polar surface area (TPSA) is 113 Å². The zero-order valence-electron chi connectivity index (χ0n) is 9.83. The molecular formula is C9H17N3O4S. The number of amides is 1. The number of sulfone groups is 1. The van der Waals surface area contributed by atoms with Crippen molar-refractivity contribution in [2.75, 3.05) is 18.1 Å². The molecule has 1 amide bonds. The fourth-order valence-electron chi connectivity index (χ4n) is 1.79. The van der Waals surface area contributed by atoms with E-state index in [-0.39, 0.29) is 35.8 Å². The maximum Gasteiger partial charge on any atom is 0.233 e. The Hall–Kier alpha value is -1.31. The van der Waals surface area contributed by atoms with Crippen LogP contribution in [-0.2, 0) is 14.6 Å². The molecule has 1 fully saturated rings. The largest absolute Gasteiger partial charge is 0.409 e. The molecule has 3 N–H and O–H groups in total. The van der Waals surface area contributed by atoms with Gasteiger partial charge in [0.1, 0.15) is 0 Å². The third-order valence-electron chi connectivity index (χ3n) is 2.88. The van der Waals surface area contributed by atoms with Crippen molar-refractivity contribution in [1.29, 1.82) is 0 Å². The van der Waals surface area contributed by atoms with Gasteiger partial charge in [-0.05, 0) is 13.8 Å². The van der Waals surface area contributed by atoms with E-state index < -0.39 is 15.8 Å². The molecule has 1 aliphatic rings. The van der Waals surface area contributed by atoms with Gasteiger partial charge >= 0.3 is 0 Å². The minimum atomic E-state index is -3.05. The molecule has 7 nitrogen and oxygen atoms in total. The monoisotopic (exact) mass is 263 g/mol. The molecule has 0 aromatic carbocycles.